The standard InChI is InChI=1S/C17H22N2O5/c1-11-10-24-15-8-12(16(20)18-22)5-6-13(15)9-19(11)17(21)14-4-2-3-7-23-14/h5-6,8,11,14,22H,2-4,7,9-10H2,1H3,(H,18,20)/t11-,14-/m0/s1. The Kier molecular flexibility index (Phi) is 5.01. The first kappa shape index (κ1) is 16.7. The lowest BCUT2D eigenvalue weighted by atomic mass is 10.1. The number of carbonyl (C=O) groups excluding carboxylic acids is 2. The molecule has 0 radical (unpaired) electrons. The molecule has 2 atom stereocenters. The molecule has 0 bridgehead atoms. The normalized spacial score (nSPS) is 23.7. The minimum Gasteiger partial charge on any atom is -0.491 e. The summed E-state index contributed by atoms with van der Waals surface area (Å²) in [7, 11) is 0. The van der Waals surface area contributed by atoms with E-state index in [1.54, 1.807) is 28.6 Å². The second-order valence-electron chi connectivity index (χ2n) is 6.24. The molecule has 7 heteroatoms. The molecule has 1 aromatic rings. The molecule has 0 aromatic heterocycles. The molecule has 2 N–H and O–H groups in total. The van der Waals surface area contributed by atoms with E-state index in [9.17, 15) is 9.59 Å². The molecule has 0 spiro atoms. The SMILES string of the molecule is C[C@H]1COc2cc(C(=O)NO)ccc2CN1C(=O)[C@@H]1CCCCO1. The Morgan fingerprint density at radius 1 is 1.33 bits per heavy atom. The lowest BCUT2D eigenvalue weighted by molar-refractivity contribution is -0.149. The Hall–Kier alpha value is -2.12. The molecule has 0 unspecified atom stereocenters. The molecule has 1 aromatic carbocycles. The molecule has 0 saturated carbocycles. The van der Waals surface area contributed by atoms with E-state index in [1.807, 2.05) is 6.92 Å². The van der Waals surface area contributed by atoms with Crippen LogP contribution in [0.1, 0.15) is 42.1 Å². The number of benzene rings is 1. The van der Waals surface area contributed by atoms with Crippen molar-refractivity contribution in [2.75, 3.05) is 13.2 Å². The largest absolute Gasteiger partial charge is 0.491 e. The number of hydrogen-bond donors (Lipinski definition) is 2. The van der Waals surface area contributed by atoms with Crippen molar-refractivity contribution < 1.29 is 24.3 Å². The summed E-state index contributed by atoms with van der Waals surface area (Å²) in [4.78, 5) is 26.1. The van der Waals surface area contributed by atoms with Gasteiger partial charge in [-0.05, 0) is 38.3 Å². The average Bonchev–Trinajstić information content (AvgIpc) is 2.80. The van der Waals surface area contributed by atoms with Crippen LogP contribution in [0.5, 0.6) is 5.75 Å². The van der Waals surface area contributed by atoms with Gasteiger partial charge in [-0.1, -0.05) is 6.07 Å². The van der Waals surface area contributed by atoms with Crippen molar-refractivity contribution >= 4 is 11.8 Å². The van der Waals surface area contributed by atoms with Crippen LogP contribution in [0.2, 0.25) is 0 Å². The molecule has 130 valence electrons. The smallest absolute Gasteiger partial charge is 0.274 e. The summed E-state index contributed by atoms with van der Waals surface area (Å²) in [5.41, 5.74) is 2.74. The molecule has 7 nitrogen and oxygen atoms in total. The Bertz CT molecular complexity index is 627. The minimum atomic E-state index is -0.595. The average molecular weight is 334 g/mol. The van der Waals surface area contributed by atoms with Gasteiger partial charge < -0.3 is 14.4 Å². The second-order valence-corrected chi connectivity index (χ2v) is 6.24. The highest BCUT2D eigenvalue weighted by molar-refractivity contribution is 5.93. The highest BCUT2D eigenvalue weighted by Crippen LogP contribution is 2.28. The predicted molar refractivity (Wildman–Crippen MR) is 84.8 cm³/mol. The van der Waals surface area contributed by atoms with Crippen LogP contribution in [0.15, 0.2) is 18.2 Å². The van der Waals surface area contributed by atoms with Gasteiger partial charge in [-0.3, -0.25) is 14.8 Å². The maximum atomic E-state index is 12.8. The summed E-state index contributed by atoms with van der Waals surface area (Å²) in [5.74, 6) is -0.0409. The van der Waals surface area contributed by atoms with Crippen LogP contribution >= 0.6 is 0 Å². The Morgan fingerprint density at radius 2 is 2.17 bits per heavy atom. The Balaban J connectivity index is 1.81. The third kappa shape index (κ3) is 3.37. The fraction of sp³-hybridized carbons (Fsp3) is 0.529. The van der Waals surface area contributed by atoms with E-state index in [2.05, 4.69) is 0 Å². The molecule has 24 heavy (non-hydrogen) atoms. The van der Waals surface area contributed by atoms with Crippen LogP contribution in [0.4, 0.5) is 0 Å². The topological polar surface area (TPSA) is 88.1 Å². The van der Waals surface area contributed by atoms with Crippen molar-refractivity contribution in [3.05, 3.63) is 29.3 Å². The Morgan fingerprint density at radius 3 is 2.88 bits per heavy atom. The van der Waals surface area contributed by atoms with Crippen LogP contribution in [0.25, 0.3) is 0 Å². The second kappa shape index (κ2) is 7.19. The number of hydrogen-bond acceptors (Lipinski definition) is 5. The summed E-state index contributed by atoms with van der Waals surface area (Å²) in [6, 6.07) is 4.84. The molecular formula is C17H22N2O5. The van der Waals surface area contributed by atoms with Crippen LogP contribution in [0, 0.1) is 0 Å². The van der Waals surface area contributed by atoms with Crippen molar-refractivity contribution in [2.45, 2.75) is 44.9 Å². The summed E-state index contributed by atoms with van der Waals surface area (Å²) in [6.07, 6.45) is 2.39. The van der Waals surface area contributed by atoms with E-state index >= 15 is 0 Å². The van der Waals surface area contributed by atoms with Gasteiger partial charge in [-0.25, -0.2) is 5.48 Å². The lowest BCUT2D eigenvalue weighted by Crippen LogP contribution is -2.46. The molecule has 1 fully saturated rings. The number of hydroxylamine groups is 1. The lowest BCUT2D eigenvalue weighted by Gasteiger charge is -2.31. The maximum Gasteiger partial charge on any atom is 0.274 e. The Labute approximate surface area is 140 Å². The molecule has 2 aliphatic rings. The summed E-state index contributed by atoms with van der Waals surface area (Å²) < 4.78 is 11.4. The van der Waals surface area contributed by atoms with Crippen LogP contribution in [-0.2, 0) is 16.1 Å². The molecule has 1 saturated heterocycles. The van der Waals surface area contributed by atoms with Crippen LogP contribution < -0.4 is 10.2 Å². The highest BCUT2D eigenvalue weighted by Gasteiger charge is 2.32. The van der Waals surface area contributed by atoms with Crippen molar-refractivity contribution in [3.63, 3.8) is 0 Å². The zero-order valence-corrected chi connectivity index (χ0v) is 13.7. The van der Waals surface area contributed by atoms with Gasteiger partial charge in [-0.2, -0.15) is 0 Å². The number of fused-ring (bicyclic) bond motifs is 1. The molecule has 0 aliphatic carbocycles. The fourth-order valence-electron chi connectivity index (χ4n) is 3.08. The van der Waals surface area contributed by atoms with Gasteiger partial charge in [-0.15, -0.1) is 0 Å². The first-order valence-corrected chi connectivity index (χ1v) is 8.22. The van der Waals surface area contributed by atoms with Crippen molar-refractivity contribution in [3.8, 4) is 5.75 Å². The molecule has 2 aliphatic heterocycles. The zero-order chi connectivity index (χ0) is 17.1. The van der Waals surface area contributed by atoms with E-state index in [0.717, 1.165) is 24.8 Å². The maximum absolute atomic E-state index is 12.8. The van der Waals surface area contributed by atoms with Crippen molar-refractivity contribution in [2.24, 2.45) is 0 Å². The van der Waals surface area contributed by atoms with E-state index in [-0.39, 0.29) is 18.1 Å². The van der Waals surface area contributed by atoms with Crippen molar-refractivity contribution in [1.29, 1.82) is 0 Å². The third-order valence-corrected chi connectivity index (χ3v) is 4.52. The zero-order valence-electron chi connectivity index (χ0n) is 13.7. The fourth-order valence-corrected chi connectivity index (χ4v) is 3.08. The van der Waals surface area contributed by atoms with Gasteiger partial charge in [0.2, 0.25) is 0 Å². The molecule has 3 rings (SSSR count). The van der Waals surface area contributed by atoms with Crippen molar-refractivity contribution in [1.82, 2.24) is 10.4 Å². The van der Waals surface area contributed by atoms with E-state index in [1.165, 1.54) is 0 Å². The number of nitrogens with one attached hydrogen (secondary N) is 1. The van der Waals surface area contributed by atoms with E-state index in [4.69, 9.17) is 14.7 Å². The van der Waals surface area contributed by atoms with E-state index in [0.29, 0.717) is 31.1 Å². The number of amides is 2. The molecule has 2 heterocycles. The first-order valence-electron chi connectivity index (χ1n) is 8.22. The minimum absolute atomic E-state index is 0.00386. The monoisotopic (exact) mass is 334 g/mol. The van der Waals surface area contributed by atoms with Gasteiger partial charge in [0.25, 0.3) is 11.8 Å². The molecular weight excluding hydrogens is 312 g/mol. The third-order valence-electron chi connectivity index (χ3n) is 4.52. The predicted octanol–water partition coefficient (Wildman–Crippen LogP) is 1.48. The quantitative estimate of drug-likeness (QED) is 0.632. The van der Waals surface area contributed by atoms with Gasteiger partial charge in [0, 0.05) is 24.3 Å². The van der Waals surface area contributed by atoms with Gasteiger partial charge in [0.1, 0.15) is 18.5 Å². The number of rotatable bonds is 2. The first-order chi connectivity index (χ1) is 11.6. The van der Waals surface area contributed by atoms with Gasteiger partial charge in [0.15, 0.2) is 0 Å². The summed E-state index contributed by atoms with van der Waals surface area (Å²) in [6.45, 7) is 3.32. The summed E-state index contributed by atoms with van der Waals surface area (Å²) in [5, 5.41) is 8.74. The highest BCUT2D eigenvalue weighted by atomic mass is 16.5. The van der Waals surface area contributed by atoms with Gasteiger partial charge in [0.05, 0.1) is 6.04 Å². The van der Waals surface area contributed by atoms with E-state index < -0.39 is 5.91 Å². The van der Waals surface area contributed by atoms with Crippen LogP contribution in [-0.4, -0.2) is 47.3 Å². The number of ether oxygens (including phenoxy) is 2. The van der Waals surface area contributed by atoms with Crippen LogP contribution in [0.3, 0.4) is 0 Å². The summed E-state index contributed by atoms with van der Waals surface area (Å²) >= 11 is 0. The van der Waals surface area contributed by atoms with Gasteiger partial charge >= 0.3 is 0 Å². The number of carbonyl (C=O) groups is 2. The molecule has 2 amide bonds. The number of nitrogens with zero attached hydrogens (tertiary/aromatic N) is 1.